The monoisotopic (exact) mass is 270 g/mol. The number of hydrogen-bond acceptors (Lipinski definition) is 2. The van der Waals surface area contributed by atoms with Gasteiger partial charge in [0.2, 0.25) is 0 Å². The lowest BCUT2D eigenvalue weighted by Gasteiger charge is -2.08. The molecule has 0 saturated heterocycles. The van der Waals surface area contributed by atoms with Crippen molar-refractivity contribution in [3.8, 4) is 6.07 Å². The number of anilines is 1. The van der Waals surface area contributed by atoms with Gasteiger partial charge in [0, 0.05) is 16.3 Å². The fourth-order valence-electron chi connectivity index (χ4n) is 1.62. The van der Waals surface area contributed by atoms with E-state index in [9.17, 15) is 4.79 Å². The highest BCUT2D eigenvalue weighted by atomic mass is 35.5. The van der Waals surface area contributed by atoms with Crippen LogP contribution in [-0.4, -0.2) is 5.91 Å². The fraction of sp³-hybridized carbons (Fsp3) is 0.0667. The Kier molecular flexibility index (Phi) is 3.84. The van der Waals surface area contributed by atoms with Gasteiger partial charge in [-0.2, -0.15) is 5.26 Å². The second-order valence-corrected chi connectivity index (χ2v) is 4.54. The molecule has 0 aliphatic carbocycles. The Labute approximate surface area is 116 Å². The molecule has 0 aromatic heterocycles. The standard InChI is InChI=1S/C15H11ClN2O/c1-10-2-7-13(16)8-14(10)18-15(19)12-5-3-11(9-17)4-6-12/h2-8H,1H3,(H,18,19). The first-order valence-corrected chi connectivity index (χ1v) is 6.05. The van der Waals surface area contributed by atoms with Crippen molar-refractivity contribution in [1.29, 1.82) is 5.26 Å². The van der Waals surface area contributed by atoms with Gasteiger partial charge in [-0.15, -0.1) is 0 Å². The van der Waals surface area contributed by atoms with Crippen LogP contribution in [0, 0.1) is 18.3 Å². The number of aryl methyl sites for hydroxylation is 1. The van der Waals surface area contributed by atoms with Crippen LogP contribution in [0.15, 0.2) is 42.5 Å². The van der Waals surface area contributed by atoms with Crippen LogP contribution in [0.2, 0.25) is 5.02 Å². The van der Waals surface area contributed by atoms with Crippen molar-refractivity contribution in [1.82, 2.24) is 0 Å². The largest absolute Gasteiger partial charge is 0.322 e. The zero-order chi connectivity index (χ0) is 13.8. The molecule has 0 heterocycles. The zero-order valence-corrected chi connectivity index (χ0v) is 11.0. The van der Waals surface area contributed by atoms with Crippen LogP contribution in [0.3, 0.4) is 0 Å². The van der Waals surface area contributed by atoms with Gasteiger partial charge in [-0.25, -0.2) is 0 Å². The van der Waals surface area contributed by atoms with Gasteiger partial charge in [0.1, 0.15) is 0 Å². The topological polar surface area (TPSA) is 52.9 Å². The fourth-order valence-corrected chi connectivity index (χ4v) is 1.79. The maximum absolute atomic E-state index is 12.0. The molecular formula is C15H11ClN2O. The van der Waals surface area contributed by atoms with Crippen LogP contribution < -0.4 is 5.32 Å². The van der Waals surface area contributed by atoms with Gasteiger partial charge in [-0.1, -0.05) is 17.7 Å². The van der Waals surface area contributed by atoms with E-state index in [4.69, 9.17) is 16.9 Å². The molecule has 0 bridgehead atoms. The molecule has 2 aromatic carbocycles. The Hall–Kier alpha value is -2.31. The second-order valence-electron chi connectivity index (χ2n) is 4.10. The van der Waals surface area contributed by atoms with Gasteiger partial charge in [0.05, 0.1) is 11.6 Å². The summed E-state index contributed by atoms with van der Waals surface area (Å²) in [4.78, 5) is 12.0. The molecular weight excluding hydrogens is 260 g/mol. The van der Waals surface area contributed by atoms with Crippen LogP contribution in [-0.2, 0) is 0 Å². The highest BCUT2D eigenvalue weighted by Gasteiger charge is 2.08. The smallest absolute Gasteiger partial charge is 0.255 e. The summed E-state index contributed by atoms with van der Waals surface area (Å²) in [5.41, 5.74) is 2.64. The van der Waals surface area contributed by atoms with E-state index >= 15 is 0 Å². The lowest BCUT2D eigenvalue weighted by Crippen LogP contribution is -2.12. The molecule has 3 nitrogen and oxygen atoms in total. The lowest BCUT2D eigenvalue weighted by molar-refractivity contribution is 0.102. The Morgan fingerprint density at radius 3 is 2.53 bits per heavy atom. The van der Waals surface area contributed by atoms with Crippen LogP contribution in [0.4, 0.5) is 5.69 Å². The molecule has 0 fully saturated rings. The Morgan fingerprint density at radius 2 is 1.89 bits per heavy atom. The van der Waals surface area contributed by atoms with Gasteiger partial charge in [-0.3, -0.25) is 4.79 Å². The lowest BCUT2D eigenvalue weighted by atomic mass is 10.1. The third kappa shape index (κ3) is 3.12. The summed E-state index contributed by atoms with van der Waals surface area (Å²) in [6.07, 6.45) is 0. The Balaban J connectivity index is 2.21. The molecule has 0 atom stereocenters. The number of nitrogens with one attached hydrogen (secondary N) is 1. The number of hydrogen-bond donors (Lipinski definition) is 1. The quantitative estimate of drug-likeness (QED) is 0.903. The molecule has 0 aliphatic heterocycles. The van der Waals surface area contributed by atoms with E-state index in [0.29, 0.717) is 21.8 Å². The molecule has 4 heteroatoms. The predicted molar refractivity (Wildman–Crippen MR) is 75.3 cm³/mol. The third-order valence-corrected chi connectivity index (χ3v) is 2.96. The van der Waals surface area contributed by atoms with E-state index in [1.807, 2.05) is 19.1 Å². The molecule has 94 valence electrons. The van der Waals surface area contributed by atoms with Gasteiger partial charge in [-0.05, 0) is 48.9 Å². The van der Waals surface area contributed by atoms with E-state index < -0.39 is 0 Å². The molecule has 0 aliphatic rings. The van der Waals surface area contributed by atoms with Crippen molar-refractivity contribution in [2.75, 3.05) is 5.32 Å². The maximum atomic E-state index is 12.0. The van der Waals surface area contributed by atoms with E-state index in [2.05, 4.69) is 5.32 Å². The number of halogens is 1. The second kappa shape index (κ2) is 5.55. The minimum Gasteiger partial charge on any atom is -0.322 e. The van der Waals surface area contributed by atoms with Gasteiger partial charge >= 0.3 is 0 Å². The molecule has 19 heavy (non-hydrogen) atoms. The van der Waals surface area contributed by atoms with Crippen molar-refractivity contribution in [2.45, 2.75) is 6.92 Å². The summed E-state index contributed by atoms with van der Waals surface area (Å²) in [6.45, 7) is 1.89. The maximum Gasteiger partial charge on any atom is 0.255 e. The van der Waals surface area contributed by atoms with Gasteiger partial charge in [0.25, 0.3) is 5.91 Å². The molecule has 0 unspecified atom stereocenters. The highest BCUT2D eigenvalue weighted by Crippen LogP contribution is 2.20. The first-order chi connectivity index (χ1) is 9.10. The van der Waals surface area contributed by atoms with E-state index in [0.717, 1.165) is 5.56 Å². The number of carbonyl (C=O) groups is 1. The van der Waals surface area contributed by atoms with Crippen molar-refractivity contribution in [2.24, 2.45) is 0 Å². The predicted octanol–water partition coefficient (Wildman–Crippen LogP) is 3.77. The Bertz CT molecular complexity index is 657. The number of rotatable bonds is 2. The van der Waals surface area contributed by atoms with E-state index in [1.165, 1.54) is 0 Å². The molecule has 2 rings (SSSR count). The molecule has 2 aromatic rings. The summed E-state index contributed by atoms with van der Waals surface area (Å²) in [6, 6.07) is 13.8. The average Bonchev–Trinajstić information content (AvgIpc) is 2.43. The molecule has 0 radical (unpaired) electrons. The molecule has 0 saturated carbocycles. The minimum atomic E-state index is -0.227. The van der Waals surface area contributed by atoms with Crippen molar-refractivity contribution >= 4 is 23.2 Å². The third-order valence-electron chi connectivity index (χ3n) is 2.72. The van der Waals surface area contributed by atoms with Gasteiger partial charge in [0.15, 0.2) is 0 Å². The molecule has 1 N–H and O–H groups in total. The summed E-state index contributed by atoms with van der Waals surface area (Å²) < 4.78 is 0. The number of nitrogens with zero attached hydrogens (tertiary/aromatic N) is 1. The van der Waals surface area contributed by atoms with Crippen molar-refractivity contribution in [3.63, 3.8) is 0 Å². The minimum absolute atomic E-state index is 0.227. The normalized spacial score (nSPS) is 9.74. The van der Waals surface area contributed by atoms with Gasteiger partial charge < -0.3 is 5.32 Å². The number of amides is 1. The van der Waals surface area contributed by atoms with E-state index in [1.54, 1.807) is 36.4 Å². The first-order valence-electron chi connectivity index (χ1n) is 5.68. The summed E-state index contributed by atoms with van der Waals surface area (Å²) in [7, 11) is 0. The SMILES string of the molecule is Cc1ccc(Cl)cc1NC(=O)c1ccc(C#N)cc1. The van der Waals surface area contributed by atoms with Crippen LogP contribution in [0.5, 0.6) is 0 Å². The molecule has 0 spiro atoms. The van der Waals surface area contributed by atoms with E-state index in [-0.39, 0.29) is 5.91 Å². The number of carbonyl (C=O) groups excluding carboxylic acids is 1. The number of benzene rings is 2. The number of nitriles is 1. The Morgan fingerprint density at radius 1 is 1.21 bits per heavy atom. The summed E-state index contributed by atoms with van der Waals surface area (Å²) in [5.74, 6) is -0.227. The molecule has 1 amide bonds. The average molecular weight is 271 g/mol. The van der Waals surface area contributed by atoms with Crippen molar-refractivity contribution in [3.05, 3.63) is 64.2 Å². The van der Waals surface area contributed by atoms with Crippen LogP contribution in [0.25, 0.3) is 0 Å². The zero-order valence-electron chi connectivity index (χ0n) is 10.3. The van der Waals surface area contributed by atoms with Crippen LogP contribution >= 0.6 is 11.6 Å². The summed E-state index contributed by atoms with van der Waals surface area (Å²) >= 11 is 5.90. The first kappa shape index (κ1) is 13.1. The highest BCUT2D eigenvalue weighted by molar-refractivity contribution is 6.31. The van der Waals surface area contributed by atoms with Crippen molar-refractivity contribution < 1.29 is 4.79 Å². The summed E-state index contributed by atoms with van der Waals surface area (Å²) in [5, 5.41) is 12.1. The van der Waals surface area contributed by atoms with Crippen LogP contribution in [0.1, 0.15) is 21.5 Å².